The van der Waals surface area contributed by atoms with Crippen LogP contribution in [0.3, 0.4) is 0 Å². The number of pyridine rings is 1. The van der Waals surface area contributed by atoms with Crippen molar-refractivity contribution in [1.82, 2.24) is 25.2 Å². The standard InChI is InChI=1S/C24H32N6O/c1-17-11-12-18-16-20(24(31)25-21(18)15-17)22(29-13-7-2-3-8-14-29)23-26-27-28-30(23)19-9-5-4-6-10-19/h11-12,15-16,19,22H,2-10,13-14H2,1H3,(H,25,31)/p+1/t22-/m0/s1. The number of aromatic nitrogens is 5. The highest BCUT2D eigenvalue weighted by Gasteiger charge is 2.36. The molecule has 2 N–H and O–H groups in total. The van der Waals surface area contributed by atoms with Crippen molar-refractivity contribution in [3.63, 3.8) is 0 Å². The van der Waals surface area contributed by atoms with E-state index in [2.05, 4.69) is 43.4 Å². The molecule has 2 aliphatic rings. The van der Waals surface area contributed by atoms with Crippen molar-refractivity contribution < 1.29 is 4.90 Å². The van der Waals surface area contributed by atoms with Gasteiger partial charge in [0.1, 0.15) is 0 Å². The Morgan fingerprint density at radius 1 is 1.03 bits per heavy atom. The average molecular weight is 422 g/mol. The topological polar surface area (TPSA) is 80.9 Å². The molecule has 1 saturated heterocycles. The van der Waals surface area contributed by atoms with Crippen molar-refractivity contribution in [3.8, 4) is 0 Å². The van der Waals surface area contributed by atoms with E-state index in [-0.39, 0.29) is 11.6 Å². The van der Waals surface area contributed by atoms with Gasteiger partial charge in [-0.3, -0.25) is 4.79 Å². The predicted molar refractivity (Wildman–Crippen MR) is 120 cm³/mol. The number of benzene rings is 1. The summed E-state index contributed by atoms with van der Waals surface area (Å²) in [5.74, 6) is 0.862. The van der Waals surface area contributed by atoms with Gasteiger partial charge >= 0.3 is 0 Å². The Hall–Kier alpha value is -2.54. The van der Waals surface area contributed by atoms with Crippen LogP contribution in [0.4, 0.5) is 0 Å². The lowest BCUT2D eigenvalue weighted by Crippen LogP contribution is -3.12. The molecule has 1 aliphatic heterocycles. The van der Waals surface area contributed by atoms with E-state index >= 15 is 0 Å². The molecule has 2 fully saturated rings. The Labute approximate surface area is 182 Å². The molecule has 164 valence electrons. The molecule has 3 aromatic rings. The fraction of sp³-hybridized carbons (Fsp3) is 0.583. The molecule has 31 heavy (non-hydrogen) atoms. The first-order chi connectivity index (χ1) is 15.2. The van der Waals surface area contributed by atoms with Gasteiger partial charge in [0.25, 0.3) is 5.56 Å². The lowest BCUT2D eigenvalue weighted by atomic mass is 9.95. The van der Waals surface area contributed by atoms with Gasteiger partial charge in [0.15, 0.2) is 6.04 Å². The third-order valence-corrected chi connectivity index (χ3v) is 7.19. The van der Waals surface area contributed by atoms with Crippen molar-refractivity contribution in [2.45, 2.75) is 76.8 Å². The number of fused-ring (bicyclic) bond motifs is 1. The van der Waals surface area contributed by atoms with Gasteiger partial charge in [-0.05, 0) is 79.0 Å². The number of quaternary nitrogens is 1. The Morgan fingerprint density at radius 3 is 2.55 bits per heavy atom. The summed E-state index contributed by atoms with van der Waals surface area (Å²) in [6.45, 7) is 4.15. The minimum absolute atomic E-state index is 0.0157. The predicted octanol–water partition coefficient (Wildman–Crippen LogP) is 2.88. The maximum Gasteiger partial charge on any atom is 0.258 e. The number of tetrazole rings is 1. The molecule has 1 aromatic carbocycles. The van der Waals surface area contributed by atoms with Crippen molar-refractivity contribution >= 4 is 10.9 Å². The average Bonchev–Trinajstić information content (AvgIpc) is 3.10. The van der Waals surface area contributed by atoms with Crippen LogP contribution in [0, 0.1) is 6.92 Å². The highest BCUT2D eigenvalue weighted by atomic mass is 16.1. The van der Waals surface area contributed by atoms with Gasteiger partial charge in [-0.15, -0.1) is 5.10 Å². The second-order valence-electron chi connectivity index (χ2n) is 9.42. The Morgan fingerprint density at radius 2 is 1.77 bits per heavy atom. The molecule has 7 heteroatoms. The van der Waals surface area contributed by atoms with Crippen molar-refractivity contribution in [1.29, 1.82) is 0 Å². The van der Waals surface area contributed by atoms with E-state index in [1.165, 1.54) is 49.8 Å². The summed E-state index contributed by atoms with van der Waals surface area (Å²) in [5, 5.41) is 14.1. The van der Waals surface area contributed by atoms with Gasteiger partial charge in [0.05, 0.1) is 24.7 Å². The van der Waals surface area contributed by atoms with Crippen LogP contribution in [-0.2, 0) is 0 Å². The number of hydrogen-bond donors (Lipinski definition) is 2. The van der Waals surface area contributed by atoms with Crippen LogP contribution >= 0.6 is 0 Å². The monoisotopic (exact) mass is 421 g/mol. The molecular weight excluding hydrogens is 388 g/mol. The van der Waals surface area contributed by atoms with Crippen LogP contribution in [0.2, 0.25) is 0 Å². The first kappa shape index (κ1) is 20.4. The number of nitrogens with one attached hydrogen (secondary N) is 2. The van der Waals surface area contributed by atoms with Gasteiger partial charge in [0, 0.05) is 5.52 Å². The summed E-state index contributed by atoms with van der Waals surface area (Å²) >= 11 is 0. The van der Waals surface area contributed by atoms with Gasteiger partial charge in [-0.1, -0.05) is 31.4 Å². The number of aromatic amines is 1. The minimum Gasteiger partial charge on any atom is -0.322 e. The summed E-state index contributed by atoms with van der Waals surface area (Å²) in [5.41, 5.74) is 2.82. The fourth-order valence-electron chi connectivity index (χ4n) is 5.54. The van der Waals surface area contributed by atoms with Crippen LogP contribution in [0.15, 0.2) is 29.1 Å². The Kier molecular flexibility index (Phi) is 5.85. The van der Waals surface area contributed by atoms with Gasteiger partial charge < -0.3 is 9.88 Å². The zero-order valence-corrected chi connectivity index (χ0v) is 18.4. The van der Waals surface area contributed by atoms with E-state index < -0.39 is 0 Å². The quantitative estimate of drug-likeness (QED) is 0.679. The zero-order chi connectivity index (χ0) is 21.2. The molecule has 0 spiro atoms. The van der Waals surface area contributed by atoms with E-state index in [0.717, 1.165) is 53.8 Å². The summed E-state index contributed by atoms with van der Waals surface area (Å²) in [4.78, 5) is 17.9. The number of nitrogens with zero attached hydrogens (tertiary/aromatic N) is 4. The highest BCUT2D eigenvalue weighted by molar-refractivity contribution is 5.79. The third-order valence-electron chi connectivity index (χ3n) is 7.19. The molecule has 0 bridgehead atoms. The molecule has 5 rings (SSSR count). The molecule has 3 heterocycles. The highest BCUT2D eigenvalue weighted by Crippen LogP contribution is 2.30. The van der Waals surface area contributed by atoms with E-state index in [0.29, 0.717) is 6.04 Å². The third kappa shape index (κ3) is 4.15. The van der Waals surface area contributed by atoms with Crippen molar-refractivity contribution in [2.75, 3.05) is 13.1 Å². The maximum absolute atomic E-state index is 13.4. The number of H-pyrrole nitrogens is 1. The fourth-order valence-corrected chi connectivity index (χ4v) is 5.54. The Bertz CT molecular complexity index is 1090. The van der Waals surface area contributed by atoms with Gasteiger partial charge in [-0.2, -0.15) is 0 Å². The van der Waals surface area contributed by atoms with Crippen molar-refractivity contribution in [3.05, 3.63) is 51.6 Å². The first-order valence-corrected chi connectivity index (χ1v) is 12.0. The van der Waals surface area contributed by atoms with E-state index in [1.807, 2.05) is 13.0 Å². The van der Waals surface area contributed by atoms with Crippen LogP contribution in [0.5, 0.6) is 0 Å². The number of hydrogen-bond acceptors (Lipinski definition) is 4. The lowest BCUT2D eigenvalue weighted by molar-refractivity contribution is -0.925. The maximum atomic E-state index is 13.4. The Balaban J connectivity index is 1.63. The SMILES string of the molecule is Cc1ccc2cc([C@@H](c3nnnn3C3CCCCC3)[NH+]3CCCCCC3)c(=O)[nH]c2c1. The van der Waals surface area contributed by atoms with Crippen LogP contribution in [-0.4, -0.2) is 38.3 Å². The van der Waals surface area contributed by atoms with Gasteiger partial charge in [0.2, 0.25) is 5.82 Å². The van der Waals surface area contributed by atoms with E-state index in [1.54, 1.807) is 0 Å². The molecular formula is C24H33N6O+. The van der Waals surface area contributed by atoms with Crippen molar-refractivity contribution in [2.24, 2.45) is 0 Å². The number of likely N-dealkylation sites (tertiary alicyclic amines) is 1. The first-order valence-electron chi connectivity index (χ1n) is 12.0. The number of aryl methyl sites for hydroxylation is 1. The van der Waals surface area contributed by atoms with Crippen LogP contribution in [0.25, 0.3) is 10.9 Å². The molecule has 7 nitrogen and oxygen atoms in total. The molecule has 0 unspecified atom stereocenters. The molecule has 1 saturated carbocycles. The lowest BCUT2D eigenvalue weighted by Gasteiger charge is -2.29. The molecule has 0 radical (unpaired) electrons. The molecule has 2 aromatic heterocycles. The minimum atomic E-state index is -0.135. The normalized spacial score (nSPS) is 20.0. The number of rotatable bonds is 4. The zero-order valence-electron chi connectivity index (χ0n) is 18.4. The van der Waals surface area contributed by atoms with E-state index in [9.17, 15) is 4.79 Å². The summed E-state index contributed by atoms with van der Waals surface area (Å²) in [6.07, 6.45) is 10.9. The molecule has 1 aliphatic carbocycles. The molecule has 0 amide bonds. The van der Waals surface area contributed by atoms with Gasteiger partial charge in [-0.25, -0.2) is 4.68 Å². The summed E-state index contributed by atoms with van der Waals surface area (Å²) < 4.78 is 2.06. The summed E-state index contributed by atoms with van der Waals surface area (Å²) in [7, 11) is 0. The summed E-state index contributed by atoms with van der Waals surface area (Å²) in [6, 6.07) is 8.53. The largest absolute Gasteiger partial charge is 0.322 e. The second-order valence-corrected chi connectivity index (χ2v) is 9.42. The second kappa shape index (κ2) is 8.91. The van der Waals surface area contributed by atoms with E-state index in [4.69, 9.17) is 0 Å². The molecule has 1 atom stereocenters. The van der Waals surface area contributed by atoms with Crippen LogP contribution < -0.4 is 10.5 Å². The smallest absolute Gasteiger partial charge is 0.258 e. The van der Waals surface area contributed by atoms with Crippen LogP contribution in [0.1, 0.15) is 86.8 Å².